The first-order valence-electron chi connectivity index (χ1n) is 7.86. The van der Waals surface area contributed by atoms with Crippen molar-refractivity contribution in [3.05, 3.63) is 47.5 Å². The molecule has 0 unspecified atom stereocenters. The fraction of sp³-hybridized carbons (Fsp3) is 0.222. The van der Waals surface area contributed by atoms with Crippen molar-refractivity contribution < 1.29 is 14.3 Å². The molecule has 1 aliphatic rings. The van der Waals surface area contributed by atoms with Crippen molar-refractivity contribution in [3.63, 3.8) is 0 Å². The lowest BCUT2D eigenvalue weighted by molar-refractivity contribution is 0.0303. The van der Waals surface area contributed by atoms with Crippen LogP contribution in [0.3, 0.4) is 0 Å². The van der Waals surface area contributed by atoms with Crippen LogP contribution in [-0.2, 0) is 4.74 Å². The summed E-state index contributed by atoms with van der Waals surface area (Å²) in [7, 11) is 0. The van der Waals surface area contributed by atoms with Gasteiger partial charge in [-0.05, 0) is 18.2 Å². The number of carbonyl (C=O) groups excluding carboxylic acids is 2. The molecule has 24 heavy (non-hydrogen) atoms. The highest BCUT2D eigenvalue weighted by Gasteiger charge is 2.22. The monoisotopic (exact) mass is 323 g/mol. The molecule has 3 N–H and O–H groups in total. The van der Waals surface area contributed by atoms with Crippen molar-refractivity contribution in [2.24, 2.45) is 5.73 Å². The smallest absolute Gasteiger partial charge is 0.254 e. The van der Waals surface area contributed by atoms with Crippen molar-refractivity contribution in [2.45, 2.75) is 0 Å². The first-order valence-corrected chi connectivity index (χ1v) is 7.86. The van der Waals surface area contributed by atoms with Crippen LogP contribution in [0.25, 0.3) is 21.8 Å². The van der Waals surface area contributed by atoms with Crippen LogP contribution in [0.2, 0.25) is 0 Å². The number of aromatic nitrogens is 1. The molecule has 0 aliphatic carbocycles. The van der Waals surface area contributed by atoms with Gasteiger partial charge in [0.1, 0.15) is 0 Å². The summed E-state index contributed by atoms with van der Waals surface area (Å²) >= 11 is 0. The number of rotatable bonds is 2. The molecule has 2 amide bonds. The predicted molar refractivity (Wildman–Crippen MR) is 91.0 cm³/mol. The number of morpholine rings is 1. The number of carbonyl (C=O) groups is 2. The van der Waals surface area contributed by atoms with E-state index in [0.29, 0.717) is 37.4 Å². The van der Waals surface area contributed by atoms with Gasteiger partial charge in [-0.1, -0.05) is 18.2 Å². The maximum atomic E-state index is 12.7. The van der Waals surface area contributed by atoms with E-state index < -0.39 is 5.91 Å². The molecule has 1 aliphatic heterocycles. The van der Waals surface area contributed by atoms with E-state index in [1.807, 2.05) is 24.3 Å². The summed E-state index contributed by atoms with van der Waals surface area (Å²) in [5.41, 5.74) is 8.05. The van der Waals surface area contributed by atoms with E-state index in [0.717, 1.165) is 21.8 Å². The van der Waals surface area contributed by atoms with Crippen molar-refractivity contribution in [1.29, 1.82) is 0 Å². The van der Waals surface area contributed by atoms with Crippen LogP contribution in [0, 0.1) is 0 Å². The average molecular weight is 323 g/mol. The van der Waals surface area contributed by atoms with Crippen LogP contribution >= 0.6 is 0 Å². The molecule has 1 fully saturated rings. The highest BCUT2D eigenvalue weighted by molar-refractivity contribution is 6.19. The minimum atomic E-state index is -0.540. The Morgan fingerprint density at radius 1 is 1.08 bits per heavy atom. The van der Waals surface area contributed by atoms with Crippen molar-refractivity contribution in [2.75, 3.05) is 26.3 Å². The number of ether oxygens (including phenoxy) is 1. The summed E-state index contributed by atoms with van der Waals surface area (Å²) in [6.45, 7) is 2.16. The summed E-state index contributed by atoms with van der Waals surface area (Å²) in [6, 6.07) is 11.1. The number of nitrogens with two attached hydrogens (primary N) is 1. The van der Waals surface area contributed by atoms with Gasteiger partial charge in [-0.3, -0.25) is 9.59 Å². The summed E-state index contributed by atoms with van der Waals surface area (Å²) in [6.07, 6.45) is 0. The SMILES string of the molecule is NC(=O)c1cc(C(=O)N2CCOCC2)cc2[nH]c3ccccc3c12. The van der Waals surface area contributed by atoms with Crippen LogP contribution in [0.4, 0.5) is 0 Å². The normalized spacial score (nSPS) is 15.1. The van der Waals surface area contributed by atoms with Crippen LogP contribution < -0.4 is 5.73 Å². The molecular formula is C18H17N3O3. The molecule has 2 aromatic carbocycles. The van der Waals surface area contributed by atoms with E-state index in [-0.39, 0.29) is 5.91 Å². The Morgan fingerprint density at radius 2 is 1.83 bits per heavy atom. The Kier molecular flexibility index (Phi) is 3.46. The van der Waals surface area contributed by atoms with E-state index in [4.69, 9.17) is 10.5 Å². The average Bonchev–Trinajstić information content (AvgIpc) is 2.99. The highest BCUT2D eigenvalue weighted by atomic mass is 16.5. The van der Waals surface area contributed by atoms with Gasteiger partial charge in [0.2, 0.25) is 5.91 Å². The number of benzene rings is 2. The van der Waals surface area contributed by atoms with Gasteiger partial charge in [-0.2, -0.15) is 0 Å². The lowest BCUT2D eigenvalue weighted by Gasteiger charge is -2.27. The Balaban J connectivity index is 1.90. The molecule has 0 saturated carbocycles. The molecule has 122 valence electrons. The lowest BCUT2D eigenvalue weighted by atomic mass is 10.0. The van der Waals surface area contributed by atoms with Crippen LogP contribution in [0.15, 0.2) is 36.4 Å². The Bertz CT molecular complexity index is 955. The predicted octanol–water partition coefficient (Wildman–Crippen LogP) is 1.89. The molecule has 0 atom stereocenters. The fourth-order valence-electron chi connectivity index (χ4n) is 3.25. The first kappa shape index (κ1) is 14.7. The Labute approximate surface area is 138 Å². The molecule has 0 spiro atoms. The molecule has 2 heterocycles. The molecule has 1 saturated heterocycles. The lowest BCUT2D eigenvalue weighted by Crippen LogP contribution is -2.40. The van der Waals surface area contributed by atoms with Crippen LogP contribution in [-0.4, -0.2) is 48.0 Å². The number of aromatic amines is 1. The van der Waals surface area contributed by atoms with Gasteiger partial charge < -0.3 is 20.4 Å². The number of hydrogen-bond acceptors (Lipinski definition) is 3. The molecule has 0 bridgehead atoms. The summed E-state index contributed by atoms with van der Waals surface area (Å²) in [4.78, 5) is 29.7. The summed E-state index contributed by atoms with van der Waals surface area (Å²) in [5, 5.41) is 1.68. The summed E-state index contributed by atoms with van der Waals surface area (Å²) in [5.74, 6) is -0.650. The standard InChI is InChI=1S/C18H17N3O3/c19-17(22)13-9-11(18(23)21-5-7-24-8-6-21)10-15-16(13)12-3-1-2-4-14(12)20-15/h1-4,9-10,20H,5-8H2,(H2,19,22). The van der Waals surface area contributed by atoms with Gasteiger partial charge in [0.25, 0.3) is 5.91 Å². The van der Waals surface area contributed by atoms with E-state index >= 15 is 0 Å². The Hall–Kier alpha value is -2.86. The van der Waals surface area contributed by atoms with Gasteiger partial charge in [0.05, 0.1) is 13.2 Å². The number of hydrogen-bond donors (Lipinski definition) is 2. The van der Waals surface area contributed by atoms with Crippen molar-refractivity contribution in [3.8, 4) is 0 Å². The number of primary amides is 1. The molecular weight excluding hydrogens is 306 g/mol. The fourth-order valence-corrected chi connectivity index (χ4v) is 3.25. The quantitative estimate of drug-likeness (QED) is 0.755. The van der Waals surface area contributed by atoms with E-state index in [2.05, 4.69) is 4.98 Å². The molecule has 6 heteroatoms. The second-order valence-electron chi connectivity index (χ2n) is 5.89. The highest BCUT2D eigenvalue weighted by Crippen LogP contribution is 2.30. The second kappa shape index (κ2) is 5.65. The van der Waals surface area contributed by atoms with Gasteiger partial charge >= 0.3 is 0 Å². The molecule has 0 radical (unpaired) electrons. The minimum absolute atomic E-state index is 0.110. The topological polar surface area (TPSA) is 88.4 Å². The Morgan fingerprint density at radius 3 is 2.58 bits per heavy atom. The third-order valence-electron chi connectivity index (χ3n) is 4.41. The van der Waals surface area contributed by atoms with E-state index in [9.17, 15) is 9.59 Å². The number of para-hydroxylation sites is 1. The van der Waals surface area contributed by atoms with Crippen molar-refractivity contribution in [1.82, 2.24) is 9.88 Å². The third-order valence-corrected chi connectivity index (χ3v) is 4.41. The van der Waals surface area contributed by atoms with Crippen molar-refractivity contribution >= 4 is 33.6 Å². The minimum Gasteiger partial charge on any atom is -0.378 e. The van der Waals surface area contributed by atoms with Crippen LogP contribution in [0.5, 0.6) is 0 Å². The van der Waals surface area contributed by atoms with Gasteiger partial charge in [0.15, 0.2) is 0 Å². The van der Waals surface area contributed by atoms with Crippen LogP contribution in [0.1, 0.15) is 20.7 Å². The van der Waals surface area contributed by atoms with Gasteiger partial charge in [-0.25, -0.2) is 0 Å². The number of nitrogens with one attached hydrogen (secondary N) is 1. The maximum Gasteiger partial charge on any atom is 0.254 e. The zero-order valence-electron chi connectivity index (χ0n) is 13.0. The third kappa shape index (κ3) is 2.32. The largest absolute Gasteiger partial charge is 0.378 e. The molecule has 1 aromatic heterocycles. The zero-order valence-corrected chi connectivity index (χ0v) is 13.0. The number of fused-ring (bicyclic) bond motifs is 3. The van der Waals surface area contributed by atoms with E-state index in [1.165, 1.54) is 0 Å². The second-order valence-corrected chi connectivity index (χ2v) is 5.89. The number of nitrogens with zero attached hydrogens (tertiary/aromatic N) is 1. The molecule has 6 nitrogen and oxygen atoms in total. The maximum absolute atomic E-state index is 12.7. The molecule has 3 aromatic rings. The first-order chi connectivity index (χ1) is 11.6. The van der Waals surface area contributed by atoms with E-state index in [1.54, 1.807) is 17.0 Å². The number of amides is 2. The summed E-state index contributed by atoms with van der Waals surface area (Å²) < 4.78 is 5.28. The number of H-pyrrole nitrogens is 1. The van der Waals surface area contributed by atoms with Gasteiger partial charge in [-0.15, -0.1) is 0 Å². The molecule has 4 rings (SSSR count). The zero-order chi connectivity index (χ0) is 16.7. The van der Waals surface area contributed by atoms with Gasteiger partial charge in [0, 0.05) is 46.0 Å².